The molecule has 0 aromatic rings. The van der Waals surface area contributed by atoms with Gasteiger partial charge in [0.25, 0.3) is 0 Å². The van der Waals surface area contributed by atoms with Gasteiger partial charge in [0.1, 0.15) is 0 Å². The van der Waals surface area contributed by atoms with E-state index in [1.165, 1.54) is 0 Å². The maximum atomic E-state index is 9.98. The first-order chi connectivity index (χ1) is 3.12. The van der Waals surface area contributed by atoms with Gasteiger partial charge < -0.3 is 0 Å². The average Bonchev–Trinajstić information content (AvgIpc) is 1.68. The predicted octanol–water partition coefficient (Wildman–Crippen LogP) is -0.807. The Morgan fingerprint density at radius 1 is 1.14 bits per heavy atom. The van der Waals surface area contributed by atoms with Crippen molar-refractivity contribution in [3.63, 3.8) is 0 Å². The molecule has 0 rings (SSSR count). The van der Waals surface area contributed by atoms with Crippen LogP contribution in [0.3, 0.4) is 0 Å². The van der Waals surface area contributed by atoms with Gasteiger partial charge in [-0.15, -0.1) is 0 Å². The van der Waals surface area contributed by atoms with Crippen LogP contribution in [0.1, 0.15) is 0 Å². The van der Waals surface area contributed by atoms with E-state index in [2.05, 4.69) is 1.13 Å². The Morgan fingerprint density at radius 2 is 1.43 bits per heavy atom. The molecule has 0 spiro atoms. The van der Waals surface area contributed by atoms with Crippen LogP contribution in [0.25, 0.3) is 0 Å². The van der Waals surface area contributed by atoms with E-state index in [9.17, 15) is 8.42 Å². The summed E-state index contributed by atoms with van der Waals surface area (Å²) in [6.07, 6.45) is 0. The summed E-state index contributed by atoms with van der Waals surface area (Å²) in [6.45, 7) is 0. The third-order valence-corrected chi connectivity index (χ3v) is 4.06. The first-order valence-electron chi connectivity index (χ1n) is 1.03. The molecular formula is O4Pm2S. The van der Waals surface area contributed by atoms with Crippen molar-refractivity contribution >= 4 is 10.4 Å². The Bertz CT molecular complexity index is 113. The van der Waals surface area contributed by atoms with E-state index >= 15 is 0 Å². The van der Waals surface area contributed by atoms with E-state index in [0.717, 1.165) is 0 Å². The number of hydrogen-bond acceptors (Lipinski definition) is 4. The number of rotatable bonds is 2. The average molecular weight is 386 g/mol. The Balaban J connectivity index is 3.89. The van der Waals surface area contributed by atoms with E-state index in [0.29, 0.717) is 77.9 Å². The van der Waals surface area contributed by atoms with Gasteiger partial charge in [0, 0.05) is 0 Å². The molecule has 0 fully saturated rings. The molecule has 0 amide bonds. The molecule has 0 radical (unpaired) electrons. The molecular weight excluding hydrogens is 386 g/mol. The van der Waals surface area contributed by atoms with Crippen molar-refractivity contribution in [2.45, 2.75) is 0 Å². The molecule has 7 heteroatoms. The standard InChI is InChI=1S/H2O4S.2Pm/c1-5(2,3)4;;/h(H2,1,2,3,4);;/q;2*+1/p-2. The fraction of sp³-hybridized carbons (Fsp3) is 0. The van der Waals surface area contributed by atoms with Gasteiger partial charge in [0.05, 0.1) is 0 Å². The second-order valence-corrected chi connectivity index (χ2v) is 4.54. The molecule has 0 aromatic carbocycles. The second-order valence-electron chi connectivity index (χ2n) is 0.557. The van der Waals surface area contributed by atoms with Crippen LogP contribution in [-0.4, -0.2) is 8.42 Å². The van der Waals surface area contributed by atoms with Gasteiger partial charge >= 0.3 is 97.8 Å². The van der Waals surface area contributed by atoms with Crippen LogP contribution >= 0.6 is 0 Å². The third kappa shape index (κ3) is 5.01. The van der Waals surface area contributed by atoms with Gasteiger partial charge in [-0.3, -0.25) is 0 Å². The summed E-state index contributed by atoms with van der Waals surface area (Å²) in [5.41, 5.74) is 0. The van der Waals surface area contributed by atoms with Crippen molar-refractivity contribution in [2.75, 3.05) is 0 Å². The van der Waals surface area contributed by atoms with E-state index in [-0.39, 0.29) is 0 Å². The van der Waals surface area contributed by atoms with Crippen molar-refractivity contribution in [2.24, 2.45) is 0 Å². The van der Waals surface area contributed by atoms with Crippen LogP contribution < -0.4 is 0 Å². The molecule has 0 aromatic heterocycles. The second kappa shape index (κ2) is 4.37. The minimum absolute atomic E-state index is 0.338. The Kier molecular flexibility index (Phi) is 5.97. The minimum atomic E-state index is -3.56. The molecule has 0 heterocycles. The van der Waals surface area contributed by atoms with Crippen LogP contribution in [0.4, 0.5) is 0 Å². The van der Waals surface area contributed by atoms with Crippen LogP contribution in [0, 0.1) is 77.9 Å². The topological polar surface area (TPSA) is 52.6 Å². The zero-order valence-corrected chi connectivity index (χ0v) is 9.49. The summed E-state index contributed by atoms with van der Waals surface area (Å²) >= 11 is 0.677. The summed E-state index contributed by atoms with van der Waals surface area (Å²) in [4.78, 5) is 0. The van der Waals surface area contributed by atoms with E-state index < -0.39 is 10.4 Å². The van der Waals surface area contributed by atoms with Crippen LogP contribution in [-0.2, 0) is 11.5 Å². The normalized spacial score (nSPS) is 11.4. The van der Waals surface area contributed by atoms with Crippen molar-refractivity contribution in [3.8, 4) is 0 Å². The molecule has 0 unspecified atom stereocenters. The van der Waals surface area contributed by atoms with Crippen molar-refractivity contribution in [3.05, 3.63) is 0 Å². The molecule has 0 saturated heterocycles. The first-order valence-corrected chi connectivity index (χ1v) is 4.71. The fourth-order valence-corrected chi connectivity index (χ4v) is 2.25. The van der Waals surface area contributed by atoms with Crippen LogP contribution in [0.2, 0.25) is 0 Å². The SMILES string of the molecule is O=S(=O)([O][Pm])[O][Pm]. The van der Waals surface area contributed by atoms with Crippen molar-refractivity contribution in [1.82, 2.24) is 0 Å². The van der Waals surface area contributed by atoms with Crippen LogP contribution in [0.5, 0.6) is 0 Å². The molecule has 0 atom stereocenters. The Labute approximate surface area is 95.3 Å². The van der Waals surface area contributed by atoms with Gasteiger partial charge in [-0.1, -0.05) is 0 Å². The maximum absolute atomic E-state index is 9.98. The summed E-state index contributed by atoms with van der Waals surface area (Å²) in [5, 5.41) is 0. The summed E-state index contributed by atoms with van der Waals surface area (Å²) in [6, 6.07) is 0. The van der Waals surface area contributed by atoms with Gasteiger partial charge in [-0.2, -0.15) is 0 Å². The molecule has 7 heavy (non-hydrogen) atoms. The van der Waals surface area contributed by atoms with Gasteiger partial charge in [0.15, 0.2) is 0 Å². The fourth-order valence-electron chi connectivity index (χ4n) is 0.0136. The summed E-state index contributed by atoms with van der Waals surface area (Å²) in [5.74, 6) is 0. The molecule has 40 valence electrons. The zero-order chi connectivity index (χ0) is 5.91. The quantitative estimate of drug-likeness (QED) is 0.624. The van der Waals surface area contributed by atoms with Crippen molar-refractivity contribution < 1.29 is 87.4 Å². The molecule has 0 saturated carbocycles. The monoisotopic (exact) mass is 386 g/mol. The van der Waals surface area contributed by atoms with Crippen molar-refractivity contribution in [1.29, 1.82) is 0 Å². The van der Waals surface area contributed by atoms with E-state index in [4.69, 9.17) is 0 Å². The zero-order valence-electron chi connectivity index (χ0n) is 2.94. The molecule has 4 nitrogen and oxygen atoms in total. The molecule has 0 N–H and O–H groups in total. The van der Waals surface area contributed by atoms with E-state index in [1.54, 1.807) is 0 Å². The predicted molar refractivity (Wildman–Crippen MR) is 11.1 cm³/mol. The first kappa shape index (κ1) is 9.55. The molecule has 0 bridgehead atoms. The molecule has 0 aliphatic carbocycles. The van der Waals surface area contributed by atoms with E-state index in [1.807, 2.05) is 0 Å². The summed E-state index contributed by atoms with van der Waals surface area (Å²) in [7, 11) is -3.56. The van der Waals surface area contributed by atoms with Crippen LogP contribution in [0.15, 0.2) is 0 Å². The summed E-state index contributed by atoms with van der Waals surface area (Å²) < 4.78 is 27.9. The Morgan fingerprint density at radius 3 is 1.43 bits per heavy atom. The molecule has 0 aliphatic rings. The molecule has 0 aliphatic heterocycles. The third-order valence-electron chi connectivity index (χ3n) is 0.183. The van der Waals surface area contributed by atoms with Gasteiger partial charge in [0.2, 0.25) is 0 Å². The van der Waals surface area contributed by atoms with Gasteiger partial charge in [-0.25, -0.2) is 0 Å². The number of hydrogen-bond donors (Lipinski definition) is 0. The van der Waals surface area contributed by atoms with Gasteiger partial charge in [-0.05, 0) is 0 Å². The Hall–Kier alpha value is 2.55.